The minimum atomic E-state index is -0.443. The number of phenols is 1. The molecule has 0 saturated carbocycles. The van der Waals surface area contributed by atoms with Crippen LogP contribution in [-0.4, -0.2) is 16.0 Å². The SMILES string of the molecule is Cc1cccnc1NC(=O)c1cccc(N)c1O. The zero-order valence-corrected chi connectivity index (χ0v) is 9.84. The van der Waals surface area contributed by atoms with Crippen LogP contribution in [0.1, 0.15) is 15.9 Å². The Morgan fingerprint density at radius 2 is 2.11 bits per heavy atom. The van der Waals surface area contributed by atoms with E-state index in [2.05, 4.69) is 10.3 Å². The number of aromatic nitrogens is 1. The third-order valence-corrected chi connectivity index (χ3v) is 2.55. The lowest BCUT2D eigenvalue weighted by Crippen LogP contribution is -2.14. The highest BCUT2D eigenvalue weighted by atomic mass is 16.3. The van der Waals surface area contributed by atoms with Crippen molar-refractivity contribution in [1.82, 2.24) is 4.98 Å². The molecule has 1 heterocycles. The molecule has 0 atom stereocenters. The molecule has 4 N–H and O–H groups in total. The lowest BCUT2D eigenvalue weighted by atomic mass is 10.1. The van der Waals surface area contributed by atoms with Crippen molar-refractivity contribution in [3.8, 4) is 5.75 Å². The quantitative estimate of drug-likeness (QED) is 0.555. The van der Waals surface area contributed by atoms with Gasteiger partial charge in [0.25, 0.3) is 5.91 Å². The van der Waals surface area contributed by atoms with E-state index in [1.54, 1.807) is 18.3 Å². The second kappa shape index (κ2) is 4.75. The summed E-state index contributed by atoms with van der Waals surface area (Å²) in [4.78, 5) is 16.0. The number of aryl methyl sites for hydroxylation is 1. The van der Waals surface area contributed by atoms with E-state index in [0.717, 1.165) is 5.56 Å². The average molecular weight is 243 g/mol. The molecule has 0 unspecified atom stereocenters. The van der Waals surface area contributed by atoms with Crippen molar-refractivity contribution in [2.75, 3.05) is 11.1 Å². The number of benzene rings is 1. The van der Waals surface area contributed by atoms with E-state index in [9.17, 15) is 9.90 Å². The number of hydrogen-bond donors (Lipinski definition) is 3. The molecular weight excluding hydrogens is 230 g/mol. The first-order valence-corrected chi connectivity index (χ1v) is 5.40. The molecule has 0 aliphatic heterocycles. The maximum atomic E-state index is 12.0. The number of phenolic OH excluding ortho intramolecular Hbond substituents is 1. The topological polar surface area (TPSA) is 88.2 Å². The van der Waals surface area contributed by atoms with Crippen LogP contribution >= 0.6 is 0 Å². The number of aromatic hydroxyl groups is 1. The summed E-state index contributed by atoms with van der Waals surface area (Å²) in [7, 11) is 0. The number of carbonyl (C=O) groups excluding carboxylic acids is 1. The van der Waals surface area contributed by atoms with Crippen LogP contribution in [0.2, 0.25) is 0 Å². The lowest BCUT2D eigenvalue weighted by Gasteiger charge is -2.09. The molecular formula is C13H13N3O2. The predicted octanol–water partition coefficient (Wildman–Crippen LogP) is 1.93. The van der Waals surface area contributed by atoms with Gasteiger partial charge in [-0.1, -0.05) is 12.1 Å². The van der Waals surface area contributed by atoms with Crippen LogP contribution in [0.15, 0.2) is 36.5 Å². The molecule has 2 rings (SSSR count). The van der Waals surface area contributed by atoms with E-state index in [0.29, 0.717) is 5.82 Å². The number of pyridine rings is 1. The minimum Gasteiger partial charge on any atom is -0.505 e. The third kappa shape index (κ3) is 2.24. The molecule has 0 saturated heterocycles. The summed E-state index contributed by atoms with van der Waals surface area (Å²) in [6.45, 7) is 1.84. The summed E-state index contributed by atoms with van der Waals surface area (Å²) in [5, 5.41) is 12.3. The smallest absolute Gasteiger partial charge is 0.260 e. The first kappa shape index (κ1) is 11.9. The predicted molar refractivity (Wildman–Crippen MR) is 69.4 cm³/mol. The zero-order chi connectivity index (χ0) is 13.1. The number of nitrogens with one attached hydrogen (secondary N) is 1. The van der Waals surface area contributed by atoms with Gasteiger partial charge in [0.15, 0.2) is 5.75 Å². The van der Waals surface area contributed by atoms with Crippen LogP contribution in [0.3, 0.4) is 0 Å². The minimum absolute atomic E-state index is 0.125. The van der Waals surface area contributed by atoms with Crippen LogP contribution in [-0.2, 0) is 0 Å². The van der Waals surface area contributed by atoms with Gasteiger partial charge in [0.1, 0.15) is 5.82 Å². The van der Waals surface area contributed by atoms with E-state index in [-0.39, 0.29) is 17.0 Å². The van der Waals surface area contributed by atoms with E-state index in [4.69, 9.17) is 5.73 Å². The fraction of sp³-hybridized carbons (Fsp3) is 0.0769. The van der Waals surface area contributed by atoms with Crippen LogP contribution in [0, 0.1) is 6.92 Å². The van der Waals surface area contributed by atoms with Crippen molar-refractivity contribution in [2.24, 2.45) is 0 Å². The molecule has 0 bridgehead atoms. The van der Waals surface area contributed by atoms with Crippen molar-refractivity contribution in [3.05, 3.63) is 47.7 Å². The van der Waals surface area contributed by atoms with E-state index < -0.39 is 5.91 Å². The molecule has 0 aliphatic rings. The second-order valence-corrected chi connectivity index (χ2v) is 3.87. The number of nitrogen functional groups attached to an aromatic ring is 1. The van der Waals surface area contributed by atoms with Crippen LogP contribution in [0.5, 0.6) is 5.75 Å². The molecule has 0 aliphatic carbocycles. The normalized spacial score (nSPS) is 10.1. The van der Waals surface area contributed by atoms with Gasteiger partial charge in [-0.05, 0) is 30.7 Å². The van der Waals surface area contributed by atoms with Gasteiger partial charge in [-0.15, -0.1) is 0 Å². The van der Waals surface area contributed by atoms with Crippen molar-refractivity contribution in [2.45, 2.75) is 6.92 Å². The molecule has 1 aromatic carbocycles. The molecule has 0 fully saturated rings. The lowest BCUT2D eigenvalue weighted by molar-refractivity contribution is 0.102. The Bertz CT molecular complexity index is 597. The van der Waals surface area contributed by atoms with Crippen LogP contribution in [0.25, 0.3) is 0 Å². The van der Waals surface area contributed by atoms with Gasteiger partial charge in [-0.3, -0.25) is 4.79 Å². The van der Waals surface area contributed by atoms with Gasteiger partial charge in [-0.2, -0.15) is 0 Å². The number of carbonyl (C=O) groups is 1. The maximum absolute atomic E-state index is 12.0. The van der Waals surface area contributed by atoms with E-state index in [1.165, 1.54) is 12.1 Å². The van der Waals surface area contributed by atoms with Gasteiger partial charge in [0, 0.05) is 6.20 Å². The second-order valence-electron chi connectivity index (χ2n) is 3.87. The largest absolute Gasteiger partial charge is 0.505 e. The maximum Gasteiger partial charge on any atom is 0.260 e. The average Bonchev–Trinajstić information content (AvgIpc) is 2.35. The Morgan fingerprint density at radius 3 is 2.83 bits per heavy atom. The fourth-order valence-electron chi connectivity index (χ4n) is 1.54. The first-order valence-electron chi connectivity index (χ1n) is 5.40. The molecule has 0 spiro atoms. The molecule has 5 heteroatoms. The van der Waals surface area contributed by atoms with Crippen molar-refractivity contribution in [3.63, 3.8) is 0 Å². The Labute approximate surface area is 104 Å². The highest BCUT2D eigenvalue weighted by Crippen LogP contribution is 2.25. The molecule has 2 aromatic rings. The molecule has 18 heavy (non-hydrogen) atoms. The van der Waals surface area contributed by atoms with Crippen molar-refractivity contribution >= 4 is 17.4 Å². The highest BCUT2D eigenvalue weighted by molar-refractivity contribution is 6.06. The van der Waals surface area contributed by atoms with Gasteiger partial charge in [0.2, 0.25) is 0 Å². The summed E-state index contributed by atoms with van der Waals surface area (Å²) in [6.07, 6.45) is 1.59. The fourth-order valence-corrected chi connectivity index (χ4v) is 1.54. The van der Waals surface area contributed by atoms with Gasteiger partial charge in [0.05, 0.1) is 11.3 Å². The number of nitrogens with zero attached hydrogens (tertiary/aromatic N) is 1. The Balaban J connectivity index is 2.28. The van der Waals surface area contributed by atoms with Crippen LogP contribution in [0.4, 0.5) is 11.5 Å². The van der Waals surface area contributed by atoms with Crippen molar-refractivity contribution in [1.29, 1.82) is 0 Å². The molecule has 1 amide bonds. The zero-order valence-electron chi connectivity index (χ0n) is 9.84. The first-order chi connectivity index (χ1) is 8.59. The molecule has 0 radical (unpaired) electrons. The van der Waals surface area contributed by atoms with E-state index in [1.807, 2.05) is 13.0 Å². The Kier molecular flexibility index (Phi) is 3.14. The van der Waals surface area contributed by atoms with E-state index >= 15 is 0 Å². The number of para-hydroxylation sites is 1. The molecule has 92 valence electrons. The standard InChI is InChI=1S/C13H13N3O2/c1-8-4-3-7-15-12(8)16-13(18)9-5-2-6-10(14)11(9)17/h2-7,17H,14H2,1H3,(H,15,16,18). The number of rotatable bonds is 2. The number of amides is 1. The summed E-state index contributed by atoms with van der Waals surface area (Å²) in [5.74, 6) is -0.200. The van der Waals surface area contributed by atoms with Gasteiger partial charge in [-0.25, -0.2) is 4.98 Å². The third-order valence-electron chi connectivity index (χ3n) is 2.55. The summed E-state index contributed by atoms with van der Waals surface area (Å²) in [5.41, 5.74) is 6.67. The van der Waals surface area contributed by atoms with Gasteiger partial charge >= 0.3 is 0 Å². The number of nitrogens with two attached hydrogens (primary N) is 1. The molecule has 5 nitrogen and oxygen atoms in total. The number of hydrogen-bond acceptors (Lipinski definition) is 4. The summed E-state index contributed by atoms with van der Waals surface area (Å²) in [6, 6.07) is 8.25. The van der Waals surface area contributed by atoms with Crippen molar-refractivity contribution < 1.29 is 9.90 Å². The van der Waals surface area contributed by atoms with Gasteiger partial charge < -0.3 is 16.2 Å². The number of anilines is 2. The summed E-state index contributed by atoms with van der Waals surface area (Å²) >= 11 is 0. The highest BCUT2D eigenvalue weighted by Gasteiger charge is 2.14. The Morgan fingerprint density at radius 1 is 1.33 bits per heavy atom. The summed E-state index contributed by atoms with van der Waals surface area (Å²) < 4.78 is 0. The monoisotopic (exact) mass is 243 g/mol. The molecule has 1 aromatic heterocycles. The Hall–Kier alpha value is -2.56. The van der Waals surface area contributed by atoms with Crippen LogP contribution < -0.4 is 11.1 Å².